The third-order valence-corrected chi connectivity index (χ3v) is 5.29. The topological polar surface area (TPSA) is 102 Å². The maximum atomic E-state index is 13.5. The smallest absolute Gasteiger partial charge is 0.262 e. The normalized spacial score (nSPS) is 21.5. The third kappa shape index (κ3) is 5.66. The lowest BCUT2D eigenvalue weighted by atomic mass is 10.0. The molecule has 9 nitrogen and oxygen atoms in total. The molecule has 180 valence electrons. The molecule has 0 aromatic carbocycles. The van der Waals surface area contributed by atoms with Crippen molar-refractivity contribution in [3.05, 3.63) is 60.5 Å². The number of nitrogens with zero attached hydrogens (tertiary/aromatic N) is 4. The van der Waals surface area contributed by atoms with E-state index in [0.29, 0.717) is 29.5 Å². The average Bonchev–Trinajstić information content (AvgIpc) is 2.81. The molecule has 2 N–H and O–H groups in total. The van der Waals surface area contributed by atoms with E-state index >= 15 is 0 Å². The van der Waals surface area contributed by atoms with Gasteiger partial charge in [-0.05, 0) is 25.1 Å². The number of hydrogen-bond donors (Lipinski definition) is 2. The van der Waals surface area contributed by atoms with Gasteiger partial charge in [0.1, 0.15) is 5.75 Å². The first-order valence-corrected chi connectivity index (χ1v) is 10.9. The Morgan fingerprint density at radius 1 is 1.29 bits per heavy atom. The molecule has 1 saturated heterocycles. The van der Waals surface area contributed by atoms with Crippen LogP contribution in [0.25, 0.3) is 11.4 Å². The third-order valence-electron chi connectivity index (χ3n) is 5.29. The number of carbonyl (C=O) groups is 1. The summed E-state index contributed by atoms with van der Waals surface area (Å²) in [5, 5.41) is 5.23. The SMILES string of the molecule is CCOC1=CC=CN(C)C1Oc1cncc(-c2ncc(C(=O)NC3CNCC(F)(F)C3)cn2)c1. The van der Waals surface area contributed by atoms with Crippen LogP contribution in [0.3, 0.4) is 0 Å². The van der Waals surface area contributed by atoms with E-state index in [1.54, 1.807) is 18.5 Å². The number of piperidine rings is 1. The molecule has 0 aliphatic carbocycles. The zero-order valence-corrected chi connectivity index (χ0v) is 18.9. The zero-order valence-electron chi connectivity index (χ0n) is 18.9. The molecule has 2 atom stereocenters. The Hall–Kier alpha value is -3.60. The van der Waals surface area contributed by atoms with E-state index in [0.717, 1.165) is 0 Å². The Kier molecular flexibility index (Phi) is 7.01. The molecular formula is C23H26F2N6O3. The van der Waals surface area contributed by atoms with Crippen LogP contribution in [0, 0.1) is 0 Å². The van der Waals surface area contributed by atoms with Gasteiger partial charge in [-0.1, -0.05) is 0 Å². The summed E-state index contributed by atoms with van der Waals surface area (Å²) in [6, 6.07) is 1.07. The van der Waals surface area contributed by atoms with Crippen LogP contribution in [-0.4, -0.2) is 70.7 Å². The average molecular weight is 472 g/mol. The highest BCUT2D eigenvalue weighted by Crippen LogP contribution is 2.25. The van der Waals surface area contributed by atoms with E-state index in [1.807, 2.05) is 37.2 Å². The fourth-order valence-corrected chi connectivity index (χ4v) is 3.70. The lowest BCUT2D eigenvalue weighted by Gasteiger charge is -2.31. The molecule has 1 fully saturated rings. The van der Waals surface area contributed by atoms with E-state index in [4.69, 9.17) is 9.47 Å². The molecule has 1 amide bonds. The molecule has 2 unspecified atom stereocenters. The number of pyridine rings is 1. The molecule has 11 heteroatoms. The van der Waals surface area contributed by atoms with E-state index in [9.17, 15) is 13.6 Å². The predicted molar refractivity (Wildman–Crippen MR) is 120 cm³/mol. The predicted octanol–water partition coefficient (Wildman–Crippen LogP) is 2.35. The summed E-state index contributed by atoms with van der Waals surface area (Å²) in [7, 11) is 1.88. The van der Waals surface area contributed by atoms with Crippen molar-refractivity contribution >= 4 is 5.91 Å². The molecule has 4 heterocycles. The molecule has 2 aromatic rings. The molecule has 2 aromatic heterocycles. The minimum absolute atomic E-state index is 0.181. The lowest BCUT2D eigenvalue weighted by Crippen LogP contribution is -2.53. The van der Waals surface area contributed by atoms with E-state index in [1.165, 1.54) is 12.4 Å². The fourth-order valence-electron chi connectivity index (χ4n) is 3.70. The van der Waals surface area contributed by atoms with Crippen molar-refractivity contribution in [3.8, 4) is 17.1 Å². The van der Waals surface area contributed by atoms with Gasteiger partial charge in [0.15, 0.2) is 11.6 Å². The monoisotopic (exact) mass is 472 g/mol. The van der Waals surface area contributed by atoms with Gasteiger partial charge in [0.2, 0.25) is 6.23 Å². The molecule has 34 heavy (non-hydrogen) atoms. The van der Waals surface area contributed by atoms with Crippen LogP contribution >= 0.6 is 0 Å². The summed E-state index contributed by atoms with van der Waals surface area (Å²) in [4.78, 5) is 27.0. The first kappa shape index (κ1) is 23.6. The number of halogens is 2. The Morgan fingerprint density at radius 3 is 2.82 bits per heavy atom. The lowest BCUT2D eigenvalue weighted by molar-refractivity contribution is -0.0301. The van der Waals surface area contributed by atoms with Crippen molar-refractivity contribution in [1.29, 1.82) is 0 Å². The Labute approximate surface area is 195 Å². The maximum absolute atomic E-state index is 13.5. The molecule has 0 bridgehead atoms. The number of amides is 1. The van der Waals surface area contributed by atoms with E-state index in [2.05, 4.69) is 25.6 Å². The summed E-state index contributed by atoms with van der Waals surface area (Å²) in [6.07, 6.45) is 10.6. The van der Waals surface area contributed by atoms with Crippen molar-refractivity contribution < 1.29 is 23.0 Å². The molecule has 0 saturated carbocycles. The maximum Gasteiger partial charge on any atom is 0.262 e. The highest BCUT2D eigenvalue weighted by molar-refractivity contribution is 5.93. The minimum atomic E-state index is -2.85. The summed E-state index contributed by atoms with van der Waals surface area (Å²) in [5.74, 6) is -1.84. The quantitative estimate of drug-likeness (QED) is 0.634. The molecular weight excluding hydrogens is 446 g/mol. The molecule has 2 aliphatic heterocycles. The first-order chi connectivity index (χ1) is 16.3. The van der Waals surface area contributed by atoms with Crippen LogP contribution in [0.4, 0.5) is 8.78 Å². The summed E-state index contributed by atoms with van der Waals surface area (Å²) in [6.45, 7) is 2.32. The van der Waals surface area contributed by atoms with Gasteiger partial charge in [0.05, 0.1) is 24.9 Å². The number of rotatable bonds is 7. The second-order valence-electron chi connectivity index (χ2n) is 8.05. The number of hydrogen-bond acceptors (Lipinski definition) is 8. The number of aromatic nitrogens is 3. The molecule has 2 aliphatic rings. The Bertz CT molecular complexity index is 1080. The van der Waals surface area contributed by atoms with Crippen molar-refractivity contribution in [2.75, 3.05) is 26.7 Å². The van der Waals surface area contributed by atoms with Crippen molar-refractivity contribution in [2.24, 2.45) is 0 Å². The van der Waals surface area contributed by atoms with Crippen LogP contribution < -0.4 is 15.4 Å². The van der Waals surface area contributed by atoms with Gasteiger partial charge < -0.3 is 25.0 Å². The van der Waals surface area contributed by atoms with E-state index in [-0.39, 0.29) is 18.7 Å². The Morgan fingerprint density at radius 2 is 2.09 bits per heavy atom. The first-order valence-electron chi connectivity index (χ1n) is 10.9. The van der Waals surface area contributed by atoms with Crippen molar-refractivity contribution in [3.63, 3.8) is 0 Å². The van der Waals surface area contributed by atoms with Crippen LogP contribution in [0.15, 0.2) is 55.0 Å². The van der Waals surface area contributed by atoms with Gasteiger partial charge in [0.25, 0.3) is 11.8 Å². The van der Waals surface area contributed by atoms with E-state index < -0.39 is 30.5 Å². The molecule has 0 radical (unpaired) electrons. The molecule has 0 spiro atoms. The van der Waals surface area contributed by atoms with Gasteiger partial charge in [-0.2, -0.15) is 0 Å². The largest absolute Gasteiger partial charge is 0.492 e. The summed E-state index contributed by atoms with van der Waals surface area (Å²) < 4.78 is 38.8. The van der Waals surface area contributed by atoms with Crippen LogP contribution in [0.5, 0.6) is 5.75 Å². The summed E-state index contributed by atoms with van der Waals surface area (Å²) >= 11 is 0. The summed E-state index contributed by atoms with van der Waals surface area (Å²) in [5.41, 5.74) is 0.775. The van der Waals surface area contributed by atoms with Gasteiger partial charge >= 0.3 is 0 Å². The number of nitrogens with one attached hydrogen (secondary N) is 2. The highest BCUT2D eigenvalue weighted by Gasteiger charge is 2.36. The van der Waals surface area contributed by atoms with Crippen LogP contribution in [0.2, 0.25) is 0 Å². The zero-order chi connectivity index (χ0) is 24.1. The Balaban J connectivity index is 1.43. The van der Waals surface area contributed by atoms with Crippen molar-refractivity contribution in [1.82, 2.24) is 30.5 Å². The molecule has 4 rings (SSSR count). The number of ether oxygens (including phenoxy) is 2. The van der Waals surface area contributed by atoms with Gasteiger partial charge in [-0.25, -0.2) is 18.7 Å². The second kappa shape index (κ2) is 10.1. The fraction of sp³-hybridized carbons (Fsp3) is 0.391. The number of carbonyl (C=O) groups excluding carboxylic acids is 1. The minimum Gasteiger partial charge on any atom is -0.492 e. The second-order valence-corrected chi connectivity index (χ2v) is 8.05. The highest BCUT2D eigenvalue weighted by atomic mass is 19.3. The van der Waals surface area contributed by atoms with Crippen LogP contribution in [-0.2, 0) is 4.74 Å². The van der Waals surface area contributed by atoms with Crippen molar-refractivity contribution in [2.45, 2.75) is 31.5 Å². The number of allylic oxidation sites excluding steroid dienone is 2. The van der Waals surface area contributed by atoms with Gasteiger partial charge in [-0.3, -0.25) is 9.78 Å². The number of likely N-dealkylation sites (N-methyl/N-ethyl adjacent to an activating group) is 1. The van der Waals surface area contributed by atoms with Gasteiger partial charge in [0, 0.05) is 56.4 Å². The van der Waals surface area contributed by atoms with Crippen LogP contribution in [0.1, 0.15) is 23.7 Å². The number of alkyl halides is 2. The van der Waals surface area contributed by atoms with Gasteiger partial charge in [-0.15, -0.1) is 0 Å². The standard InChI is InChI=1S/C23H26F2N6O3/c1-3-33-19-5-4-6-31(2)22(19)34-18-7-15(9-26-13-18)20-28-10-16(11-29-20)21(32)30-17-8-23(24,25)14-27-12-17/h4-7,9-11,13,17,22,27H,3,8,12,14H2,1-2H3,(H,30,32).